The number of carbonyl (C=O) groups is 3. The average Bonchev–Trinajstić information content (AvgIpc) is 0.919. The van der Waals surface area contributed by atoms with Gasteiger partial charge in [0.2, 0.25) is 11.8 Å². The van der Waals surface area contributed by atoms with E-state index in [-0.39, 0.29) is 136 Å². The van der Waals surface area contributed by atoms with Crippen LogP contribution in [-0.2, 0) is 98.0 Å². The molecule has 12 atom stereocenters. The van der Waals surface area contributed by atoms with Crippen molar-refractivity contribution in [3.05, 3.63) is 179 Å². The van der Waals surface area contributed by atoms with Gasteiger partial charge in [-0.3, -0.25) is 18.7 Å². The zero-order valence-corrected chi connectivity index (χ0v) is 60.4. The summed E-state index contributed by atoms with van der Waals surface area (Å²) in [6.07, 6.45) is -7.71. The zero-order valence-electron chi connectivity index (χ0n) is 53.6. The van der Waals surface area contributed by atoms with Crippen LogP contribution in [0, 0.1) is 17.8 Å². The molecule has 0 heterocycles. The molecule has 25 heteroatoms. The third-order valence-electron chi connectivity index (χ3n) is 16.7. The van der Waals surface area contributed by atoms with E-state index < -0.39 is 116 Å². The largest absolute Gasteiger partial charge is 1.00 e. The van der Waals surface area contributed by atoms with Gasteiger partial charge in [-0.15, -0.1) is 0 Å². The predicted molar refractivity (Wildman–Crippen MR) is 330 cm³/mol. The van der Waals surface area contributed by atoms with Crippen molar-refractivity contribution in [1.29, 1.82) is 0 Å². The SMILES string of the molecule is CC(=O)N[C@H]1[C@@H](OCc2ccccc2)[C@H](OCc2ccccc2)[C@@H](CO[Si](C)(C)C(C)(C)C(C)C)C[C@@H]1OP(=O)([O-])OC[C@H]1C[C@H](OP(=O)([O-])OCCCNC(=O)OCc2ccccc2)[C@@H](NC(C)=O)[C@@H](OCc2ccccc2)[C@@H]1OCc1ccccc1.[Na+].[Na+]. The summed E-state index contributed by atoms with van der Waals surface area (Å²) in [7, 11) is -13.2. The van der Waals surface area contributed by atoms with Gasteiger partial charge in [0.05, 0.1) is 76.1 Å². The minimum atomic E-state index is -5.46. The number of benzene rings is 5. The molecule has 3 amide bonds. The van der Waals surface area contributed by atoms with Gasteiger partial charge in [-0.05, 0) is 71.1 Å². The monoisotopic (exact) mass is 1320 g/mol. The van der Waals surface area contributed by atoms with Crippen molar-refractivity contribution in [1.82, 2.24) is 16.0 Å². The van der Waals surface area contributed by atoms with E-state index in [1.807, 2.05) is 140 Å². The van der Waals surface area contributed by atoms with Gasteiger partial charge in [-0.25, -0.2) is 4.79 Å². The summed E-state index contributed by atoms with van der Waals surface area (Å²) in [6, 6.07) is 44.1. The van der Waals surface area contributed by atoms with E-state index in [1.54, 1.807) is 12.1 Å². The standard InChI is InChI=1S/C65H89N3O17P2Si.2Na/c1-46(2)65(5,6)88(7,8)83-45-55-38-57(59(68-48(4)70)63(79-42-52-31-20-12-21-32-52)61(55)77-40-50-27-16-10-17-28-50)85-87(74,75)82-44-54-37-56(84-86(72,73)81-36-24-35-66-64(71)80-43-53-33-22-13-23-34-53)58(67-47(3)69)62(78-41-51-29-18-11-19-30-51)60(54)76-39-49-25-14-9-15-26-49;;/h9-23,25-34,46,54-63H,24,35-45H2,1-8H3,(H,66,71)(H,67,69)(H,68,70)(H,72,73)(H,74,75);;/q;2*+1/p-2/t54-,55-,56+,57+,58-,59-,60-,61-,62-,63-;;/m1../s1. The normalized spacial score (nSPS) is 23.2. The molecule has 90 heavy (non-hydrogen) atoms. The summed E-state index contributed by atoms with van der Waals surface area (Å²) in [5, 5.41) is 8.19. The third kappa shape index (κ3) is 24.4. The van der Waals surface area contributed by atoms with E-state index in [9.17, 15) is 33.3 Å². The fourth-order valence-corrected chi connectivity index (χ4v) is 15.1. The maximum Gasteiger partial charge on any atom is 1.00 e. The van der Waals surface area contributed by atoms with Gasteiger partial charge in [0, 0.05) is 38.8 Å². The Balaban J connectivity index is 0.00000736. The predicted octanol–water partition coefficient (Wildman–Crippen LogP) is 4.10. The second kappa shape index (κ2) is 37.6. The van der Waals surface area contributed by atoms with Crippen LogP contribution in [-0.4, -0.2) is 101 Å². The summed E-state index contributed by atoms with van der Waals surface area (Å²) in [4.78, 5) is 67.7. The molecule has 480 valence electrons. The number of hydrogen-bond donors (Lipinski definition) is 3. The molecular weight excluding hydrogens is 1230 g/mol. The summed E-state index contributed by atoms with van der Waals surface area (Å²) in [5.74, 6) is -2.34. The molecule has 5 aromatic rings. The van der Waals surface area contributed by atoms with Gasteiger partial charge in [-0.2, -0.15) is 0 Å². The van der Waals surface area contributed by atoms with Crippen molar-refractivity contribution in [3.63, 3.8) is 0 Å². The first-order valence-electron chi connectivity index (χ1n) is 30.0. The van der Waals surface area contributed by atoms with Gasteiger partial charge in [-0.1, -0.05) is 179 Å². The van der Waals surface area contributed by atoms with Gasteiger partial charge in [0.1, 0.15) is 18.8 Å². The molecule has 2 aliphatic rings. The summed E-state index contributed by atoms with van der Waals surface area (Å²) in [6.45, 7) is 15.0. The fraction of sp³-hybridized carbons (Fsp3) is 0.492. The minimum Gasteiger partial charge on any atom is -0.756 e. The Morgan fingerprint density at radius 2 is 0.889 bits per heavy atom. The van der Waals surface area contributed by atoms with Crippen molar-refractivity contribution < 1.29 is 139 Å². The van der Waals surface area contributed by atoms with Crippen LogP contribution in [0.2, 0.25) is 18.1 Å². The molecule has 2 saturated carbocycles. The summed E-state index contributed by atoms with van der Waals surface area (Å²) in [5.41, 5.74) is 3.98. The Morgan fingerprint density at radius 1 is 0.544 bits per heavy atom. The molecule has 2 aliphatic carbocycles. The molecule has 5 aromatic carbocycles. The van der Waals surface area contributed by atoms with Crippen LogP contribution >= 0.6 is 15.6 Å². The van der Waals surface area contributed by atoms with Gasteiger partial charge >= 0.3 is 65.2 Å². The number of phosphoric acid groups is 2. The van der Waals surface area contributed by atoms with Crippen molar-refractivity contribution in [2.24, 2.45) is 17.8 Å². The maximum atomic E-state index is 14.9. The van der Waals surface area contributed by atoms with Crippen molar-refractivity contribution in [2.75, 3.05) is 26.4 Å². The molecule has 3 N–H and O–H groups in total. The molecule has 2 fully saturated rings. The second-order valence-corrected chi connectivity index (χ2v) is 31.2. The van der Waals surface area contributed by atoms with Gasteiger partial charge < -0.3 is 71.9 Å². The quantitative estimate of drug-likeness (QED) is 0.0303. The first-order valence-corrected chi connectivity index (χ1v) is 35.8. The van der Waals surface area contributed by atoms with Crippen molar-refractivity contribution >= 4 is 41.9 Å². The minimum absolute atomic E-state index is 0. The summed E-state index contributed by atoms with van der Waals surface area (Å²) < 4.78 is 91.4. The number of amides is 3. The topological polar surface area (TPSA) is 260 Å². The molecule has 7 rings (SSSR count). The molecule has 0 saturated heterocycles. The molecule has 0 bridgehead atoms. The molecule has 0 spiro atoms. The van der Waals surface area contributed by atoms with Gasteiger partial charge in [0.25, 0.3) is 15.6 Å². The Hall–Kier alpha value is -3.45. The van der Waals surface area contributed by atoms with Crippen LogP contribution in [0.3, 0.4) is 0 Å². The Morgan fingerprint density at radius 3 is 1.26 bits per heavy atom. The van der Waals surface area contributed by atoms with E-state index in [0.29, 0.717) is 0 Å². The first kappa shape index (κ1) is 77.3. The Labute approximate surface area is 576 Å². The molecular formula is C65H87N3Na2O17P2Si. The van der Waals surface area contributed by atoms with E-state index in [0.717, 1.165) is 27.8 Å². The van der Waals surface area contributed by atoms with E-state index in [4.69, 9.17) is 46.2 Å². The number of alkyl carbamates (subject to hydrolysis) is 1. The first-order chi connectivity index (χ1) is 42.0. The van der Waals surface area contributed by atoms with E-state index >= 15 is 0 Å². The van der Waals surface area contributed by atoms with Crippen LogP contribution in [0.5, 0.6) is 0 Å². The average molecular weight is 1320 g/mol. The fourth-order valence-electron chi connectivity index (χ4n) is 10.8. The molecule has 0 aliphatic heterocycles. The van der Waals surface area contributed by atoms with E-state index in [2.05, 4.69) is 56.7 Å². The van der Waals surface area contributed by atoms with Crippen LogP contribution in [0.15, 0.2) is 152 Å². The Kier molecular flexibility index (Phi) is 32.3. The molecule has 2 unspecified atom stereocenters. The second-order valence-electron chi connectivity index (χ2n) is 23.8. The van der Waals surface area contributed by atoms with Crippen LogP contribution in [0.4, 0.5) is 4.79 Å². The van der Waals surface area contributed by atoms with E-state index in [1.165, 1.54) is 13.8 Å². The molecule has 0 aromatic heterocycles. The molecule has 20 nitrogen and oxygen atoms in total. The number of phosphoric ester groups is 2. The Bertz CT molecular complexity index is 3030. The number of hydrogen-bond acceptors (Lipinski definition) is 17. The van der Waals surface area contributed by atoms with Crippen LogP contribution < -0.4 is 84.9 Å². The number of carbonyl (C=O) groups excluding carboxylic acids is 3. The molecule has 0 radical (unpaired) electrons. The number of rotatable bonds is 33. The third-order valence-corrected chi connectivity index (χ3v) is 23.3. The number of nitrogens with one attached hydrogen (secondary N) is 3. The number of ether oxygens (including phenoxy) is 5. The summed E-state index contributed by atoms with van der Waals surface area (Å²) >= 11 is 0. The maximum absolute atomic E-state index is 14.9. The van der Waals surface area contributed by atoms with Crippen molar-refractivity contribution in [3.8, 4) is 0 Å². The van der Waals surface area contributed by atoms with Crippen LogP contribution in [0.1, 0.15) is 88.6 Å². The van der Waals surface area contributed by atoms with Crippen molar-refractivity contribution in [2.45, 2.75) is 161 Å². The van der Waals surface area contributed by atoms with Gasteiger partial charge in [0.15, 0.2) is 8.32 Å². The van der Waals surface area contributed by atoms with Crippen LogP contribution in [0.25, 0.3) is 0 Å². The zero-order chi connectivity index (χ0) is 63.3. The smallest absolute Gasteiger partial charge is 0.756 e.